The molecule has 0 N–H and O–H groups in total. The molecular weight excluding hydrogens is 256 g/mol. The predicted octanol–water partition coefficient (Wildman–Crippen LogP) is 1.64. The van der Waals surface area contributed by atoms with Crippen LogP contribution in [0.15, 0.2) is 30.3 Å². The third kappa shape index (κ3) is 3.68. The minimum absolute atomic E-state index is 0.343. The van der Waals surface area contributed by atoms with Crippen LogP contribution in [0.5, 0.6) is 5.75 Å². The minimum Gasteiger partial charge on any atom is -0.410 e. The van der Waals surface area contributed by atoms with Crippen LogP contribution in [0.1, 0.15) is 5.56 Å². The van der Waals surface area contributed by atoms with E-state index in [1.807, 2.05) is 13.1 Å². The van der Waals surface area contributed by atoms with Gasteiger partial charge in [-0.15, -0.1) is 0 Å². The molecule has 0 aliphatic carbocycles. The van der Waals surface area contributed by atoms with E-state index in [0.717, 1.165) is 13.1 Å². The van der Waals surface area contributed by atoms with Crippen LogP contribution in [0.4, 0.5) is 4.79 Å². The Morgan fingerprint density at radius 1 is 1.20 bits per heavy atom. The highest BCUT2D eigenvalue weighted by Gasteiger charge is 2.21. The first-order chi connectivity index (χ1) is 9.70. The second-order valence-corrected chi connectivity index (χ2v) is 4.69. The summed E-state index contributed by atoms with van der Waals surface area (Å²) < 4.78 is 5.42. The summed E-state index contributed by atoms with van der Waals surface area (Å²) in [5, 5.41) is 0. The summed E-state index contributed by atoms with van der Waals surface area (Å²) in [4.78, 5) is 26.3. The number of hydrogen-bond donors (Lipinski definition) is 0. The monoisotopic (exact) mass is 274 g/mol. The van der Waals surface area contributed by atoms with E-state index >= 15 is 0 Å². The smallest absolute Gasteiger partial charge is 0.410 e. The third-order valence-electron chi connectivity index (χ3n) is 3.23. The van der Waals surface area contributed by atoms with Crippen molar-refractivity contribution in [1.82, 2.24) is 9.80 Å². The average molecular weight is 274 g/mol. The lowest BCUT2D eigenvalue weighted by Gasteiger charge is -2.31. The van der Waals surface area contributed by atoms with Gasteiger partial charge in [0.25, 0.3) is 0 Å². The zero-order valence-corrected chi connectivity index (χ0v) is 11.5. The van der Waals surface area contributed by atoms with Crippen molar-refractivity contribution in [1.29, 1.82) is 0 Å². The SMILES string of the molecule is CN1CCN(C(=O)Oc2ccccc2/C=C/C=O)CC1. The van der Waals surface area contributed by atoms with Gasteiger partial charge in [-0.25, -0.2) is 4.79 Å². The molecule has 20 heavy (non-hydrogen) atoms. The first-order valence-corrected chi connectivity index (χ1v) is 6.57. The number of para-hydroxylation sites is 1. The van der Waals surface area contributed by atoms with Crippen molar-refractivity contribution in [3.63, 3.8) is 0 Å². The normalized spacial score (nSPS) is 16.4. The predicted molar refractivity (Wildman–Crippen MR) is 76.6 cm³/mol. The topological polar surface area (TPSA) is 49.9 Å². The number of aldehydes is 1. The number of ether oxygens (including phenoxy) is 1. The van der Waals surface area contributed by atoms with E-state index in [9.17, 15) is 9.59 Å². The molecule has 0 bridgehead atoms. The molecule has 106 valence electrons. The summed E-state index contributed by atoms with van der Waals surface area (Å²) in [7, 11) is 2.03. The van der Waals surface area contributed by atoms with Crippen LogP contribution in [0.2, 0.25) is 0 Å². The van der Waals surface area contributed by atoms with E-state index in [2.05, 4.69) is 4.90 Å². The molecule has 1 amide bonds. The molecule has 1 aliphatic rings. The molecule has 1 saturated heterocycles. The molecule has 1 aliphatic heterocycles. The van der Waals surface area contributed by atoms with Crippen molar-refractivity contribution in [2.45, 2.75) is 0 Å². The molecule has 0 saturated carbocycles. The molecule has 1 aromatic carbocycles. The van der Waals surface area contributed by atoms with Gasteiger partial charge in [0, 0.05) is 31.7 Å². The van der Waals surface area contributed by atoms with Crippen molar-refractivity contribution in [2.24, 2.45) is 0 Å². The van der Waals surface area contributed by atoms with Gasteiger partial charge in [0.1, 0.15) is 12.0 Å². The fourth-order valence-electron chi connectivity index (χ4n) is 2.00. The summed E-state index contributed by atoms with van der Waals surface area (Å²) in [6, 6.07) is 7.15. The zero-order chi connectivity index (χ0) is 14.4. The Labute approximate surface area is 118 Å². The number of amides is 1. The molecule has 0 radical (unpaired) electrons. The van der Waals surface area contributed by atoms with Gasteiger partial charge in [0.05, 0.1) is 0 Å². The van der Waals surface area contributed by atoms with Crippen LogP contribution in [-0.4, -0.2) is 55.4 Å². The summed E-state index contributed by atoms with van der Waals surface area (Å²) in [5.41, 5.74) is 0.710. The van der Waals surface area contributed by atoms with E-state index < -0.39 is 0 Å². The number of hydrogen-bond acceptors (Lipinski definition) is 4. The van der Waals surface area contributed by atoms with Gasteiger partial charge in [-0.2, -0.15) is 0 Å². The average Bonchev–Trinajstić information content (AvgIpc) is 2.47. The van der Waals surface area contributed by atoms with Gasteiger partial charge in [-0.3, -0.25) is 4.79 Å². The summed E-state index contributed by atoms with van der Waals surface area (Å²) >= 11 is 0. The van der Waals surface area contributed by atoms with Gasteiger partial charge in [-0.1, -0.05) is 18.2 Å². The second kappa shape index (κ2) is 6.86. The number of piperazine rings is 1. The maximum absolute atomic E-state index is 12.1. The molecule has 0 aromatic heterocycles. The van der Waals surface area contributed by atoms with Crippen LogP contribution < -0.4 is 4.74 Å². The lowest BCUT2D eigenvalue weighted by Crippen LogP contribution is -2.48. The Morgan fingerprint density at radius 2 is 1.90 bits per heavy atom. The van der Waals surface area contributed by atoms with Crippen LogP contribution in [-0.2, 0) is 4.79 Å². The molecule has 1 fully saturated rings. The number of benzene rings is 1. The number of rotatable bonds is 3. The third-order valence-corrected chi connectivity index (χ3v) is 3.23. The Bertz CT molecular complexity index is 506. The maximum Gasteiger partial charge on any atom is 0.415 e. The van der Waals surface area contributed by atoms with E-state index in [4.69, 9.17) is 4.74 Å². The lowest BCUT2D eigenvalue weighted by atomic mass is 10.2. The molecule has 2 rings (SSSR count). The molecule has 0 unspecified atom stereocenters. The van der Waals surface area contributed by atoms with Gasteiger partial charge < -0.3 is 14.5 Å². The molecule has 0 atom stereocenters. The van der Waals surface area contributed by atoms with Crippen molar-refractivity contribution in [3.05, 3.63) is 35.9 Å². The quantitative estimate of drug-likeness (QED) is 0.621. The summed E-state index contributed by atoms with van der Waals surface area (Å²) in [5.74, 6) is 0.467. The van der Waals surface area contributed by atoms with Gasteiger partial charge >= 0.3 is 6.09 Å². The van der Waals surface area contributed by atoms with Crippen LogP contribution in [0, 0.1) is 0 Å². The van der Waals surface area contributed by atoms with Gasteiger partial charge in [0.15, 0.2) is 0 Å². The van der Waals surface area contributed by atoms with E-state index in [1.54, 1.807) is 29.2 Å². The second-order valence-electron chi connectivity index (χ2n) is 4.69. The minimum atomic E-state index is -0.343. The Hall–Kier alpha value is -2.14. The summed E-state index contributed by atoms with van der Waals surface area (Å²) in [6.07, 6.45) is 3.35. The van der Waals surface area contributed by atoms with Gasteiger partial charge in [-0.05, 0) is 25.3 Å². The number of carbonyl (C=O) groups is 2. The van der Waals surface area contributed by atoms with Crippen molar-refractivity contribution < 1.29 is 14.3 Å². The number of nitrogens with zero attached hydrogens (tertiary/aromatic N) is 2. The molecule has 1 aromatic rings. The van der Waals surface area contributed by atoms with E-state index in [-0.39, 0.29) is 6.09 Å². The van der Waals surface area contributed by atoms with Crippen molar-refractivity contribution >= 4 is 18.5 Å². The maximum atomic E-state index is 12.1. The first-order valence-electron chi connectivity index (χ1n) is 6.57. The van der Waals surface area contributed by atoms with Crippen LogP contribution >= 0.6 is 0 Å². The van der Waals surface area contributed by atoms with Gasteiger partial charge in [0.2, 0.25) is 0 Å². The van der Waals surface area contributed by atoms with E-state index in [0.29, 0.717) is 30.7 Å². The van der Waals surface area contributed by atoms with Crippen LogP contribution in [0.25, 0.3) is 6.08 Å². The number of allylic oxidation sites excluding steroid dienone is 1. The highest BCUT2D eigenvalue weighted by Crippen LogP contribution is 2.20. The largest absolute Gasteiger partial charge is 0.415 e. The Kier molecular flexibility index (Phi) is 4.90. The fourth-order valence-corrected chi connectivity index (χ4v) is 2.00. The standard InChI is InChI=1S/C15H18N2O3/c1-16-8-10-17(11-9-16)15(19)20-14-7-3-2-5-13(14)6-4-12-18/h2-7,12H,8-11H2,1H3/b6-4+. The summed E-state index contributed by atoms with van der Waals surface area (Å²) in [6.45, 7) is 3.03. The molecular formula is C15H18N2O3. The zero-order valence-electron chi connectivity index (χ0n) is 11.5. The van der Waals surface area contributed by atoms with Crippen LogP contribution in [0.3, 0.4) is 0 Å². The van der Waals surface area contributed by atoms with Crippen molar-refractivity contribution in [2.75, 3.05) is 33.2 Å². The highest BCUT2D eigenvalue weighted by molar-refractivity contribution is 5.77. The Morgan fingerprint density at radius 3 is 2.60 bits per heavy atom. The Balaban J connectivity index is 2.04. The fraction of sp³-hybridized carbons (Fsp3) is 0.333. The first kappa shape index (κ1) is 14.3. The number of carbonyl (C=O) groups excluding carboxylic acids is 2. The van der Waals surface area contributed by atoms with E-state index in [1.165, 1.54) is 6.08 Å². The molecule has 5 heteroatoms. The van der Waals surface area contributed by atoms with Crippen molar-refractivity contribution in [3.8, 4) is 5.75 Å². The molecule has 1 heterocycles. The molecule has 5 nitrogen and oxygen atoms in total. The highest BCUT2D eigenvalue weighted by atomic mass is 16.6. The molecule has 0 spiro atoms. The number of likely N-dealkylation sites (N-methyl/N-ethyl adjacent to an activating group) is 1. The lowest BCUT2D eigenvalue weighted by molar-refractivity contribution is -0.104.